The molecule has 0 radical (unpaired) electrons. The second-order valence-corrected chi connectivity index (χ2v) is 8.64. The van der Waals surface area contributed by atoms with Gasteiger partial charge in [-0.3, -0.25) is 9.78 Å². The van der Waals surface area contributed by atoms with Crippen LogP contribution in [-0.2, 0) is 6.42 Å². The van der Waals surface area contributed by atoms with E-state index in [1.165, 1.54) is 11.3 Å². The molecule has 0 bridgehead atoms. The molecular weight excluding hydrogens is 420 g/mol. The van der Waals surface area contributed by atoms with Crippen molar-refractivity contribution in [2.24, 2.45) is 5.73 Å². The number of hydrogen-bond acceptors (Lipinski definition) is 5. The number of aryl methyl sites for hydroxylation is 2. The van der Waals surface area contributed by atoms with Crippen molar-refractivity contribution < 1.29 is 9.59 Å². The van der Waals surface area contributed by atoms with E-state index in [0.29, 0.717) is 16.8 Å². The third-order valence-corrected chi connectivity index (χ3v) is 5.85. The standard InChI is InChI=1S/C25H20N4O2S/c1-15-6-7-18(23(30)11-24-28-12-16(2)32-24)10-17(15)8-9-19-13-27-14-21-20(19)4-3-5-22(21)29-25(26)31/h3-7,10,12-14H,11H2,1-2H3,(H3,26,29,31). The van der Waals surface area contributed by atoms with Crippen LogP contribution in [0.5, 0.6) is 0 Å². The fourth-order valence-corrected chi connectivity index (χ4v) is 4.11. The molecule has 0 fully saturated rings. The molecule has 0 spiro atoms. The van der Waals surface area contributed by atoms with Crippen LogP contribution in [0.25, 0.3) is 10.8 Å². The number of benzene rings is 2. The second kappa shape index (κ2) is 9.00. The number of nitrogens with two attached hydrogens (primary N) is 1. The van der Waals surface area contributed by atoms with E-state index in [1.807, 2.05) is 44.2 Å². The lowest BCUT2D eigenvalue weighted by Crippen LogP contribution is -2.19. The fraction of sp³-hybridized carbons (Fsp3) is 0.120. The lowest BCUT2D eigenvalue weighted by molar-refractivity contribution is 0.0993. The van der Waals surface area contributed by atoms with Gasteiger partial charge in [0.15, 0.2) is 5.78 Å². The maximum atomic E-state index is 12.7. The summed E-state index contributed by atoms with van der Waals surface area (Å²) in [7, 11) is 0. The Morgan fingerprint density at radius 3 is 2.59 bits per heavy atom. The van der Waals surface area contributed by atoms with Crippen molar-refractivity contribution >= 4 is 39.6 Å². The lowest BCUT2D eigenvalue weighted by Gasteiger charge is -2.07. The molecular formula is C25H20N4O2S. The van der Waals surface area contributed by atoms with Gasteiger partial charge in [0.2, 0.25) is 0 Å². The molecule has 0 aliphatic rings. The molecule has 0 saturated carbocycles. The summed E-state index contributed by atoms with van der Waals surface area (Å²) >= 11 is 1.53. The van der Waals surface area contributed by atoms with Crippen LogP contribution in [0.4, 0.5) is 10.5 Å². The number of nitrogens with one attached hydrogen (secondary N) is 1. The molecule has 0 atom stereocenters. The highest BCUT2D eigenvalue weighted by Gasteiger charge is 2.11. The van der Waals surface area contributed by atoms with Gasteiger partial charge in [0, 0.05) is 45.4 Å². The minimum atomic E-state index is -0.640. The van der Waals surface area contributed by atoms with Gasteiger partial charge in [-0.25, -0.2) is 9.78 Å². The molecule has 2 amide bonds. The minimum Gasteiger partial charge on any atom is -0.351 e. The highest BCUT2D eigenvalue weighted by molar-refractivity contribution is 7.11. The number of pyridine rings is 1. The van der Waals surface area contributed by atoms with E-state index in [-0.39, 0.29) is 12.2 Å². The van der Waals surface area contributed by atoms with E-state index in [1.54, 1.807) is 24.7 Å². The molecule has 2 aromatic carbocycles. The van der Waals surface area contributed by atoms with Crippen LogP contribution in [0, 0.1) is 25.7 Å². The van der Waals surface area contributed by atoms with Gasteiger partial charge in [0.25, 0.3) is 0 Å². The lowest BCUT2D eigenvalue weighted by atomic mass is 10.0. The summed E-state index contributed by atoms with van der Waals surface area (Å²) in [5.74, 6) is 6.35. The molecule has 4 rings (SSSR count). The van der Waals surface area contributed by atoms with E-state index in [9.17, 15) is 9.59 Å². The molecule has 2 heterocycles. The van der Waals surface area contributed by atoms with Crippen molar-refractivity contribution in [3.8, 4) is 11.8 Å². The number of ketones is 1. The molecule has 32 heavy (non-hydrogen) atoms. The van der Waals surface area contributed by atoms with Crippen LogP contribution in [0.3, 0.4) is 0 Å². The summed E-state index contributed by atoms with van der Waals surface area (Å²) in [6.07, 6.45) is 5.40. The number of nitrogens with zero attached hydrogens (tertiary/aromatic N) is 2. The van der Waals surface area contributed by atoms with Crippen LogP contribution in [0.15, 0.2) is 55.0 Å². The number of carbonyl (C=O) groups is 2. The SMILES string of the molecule is Cc1cnc(CC(=O)c2ccc(C)c(C#Cc3cncc4c(NC(N)=O)cccc34)c2)s1. The number of Topliss-reactive ketones (excluding diaryl/α,β-unsaturated/α-hetero) is 1. The molecule has 0 aliphatic heterocycles. The largest absolute Gasteiger partial charge is 0.351 e. The van der Waals surface area contributed by atoms with E-state index < -0.39 is 6.03 Å². The molecule has 6 nitrogen and oxygen atoms in total. The molecule has 158 valence electrons. The van der Waals surface area contributed by atoms with Crippen molar-refractivity contribution in [2.75, 3.05) is 5.32 Å². The first-order valence-corrected chi connectivity index (χ1v) is 10.7. The summed E-state index contributed by atoms with van der Waals surface area (Å²) in [6.45, 7) is 3.93. The number of amides is 2. The van der Waals surface area contributed by atoms with Gasteiger partial charge >= 0.3 is 6.03 Å². The Labute approximate surface area is 189 Å². The first kappa shape index (κ1) is 21.2. The monoisotopic (exact) mass is 440 g/mol. The van der Waals surface area contributed by atoms with Crippen LogP contribution in [0.1, 0.15) is 36.9 Å². The van der Waals surface area contributed by atoms with Crippen molar-refractivity contribution in [1.82, 2.24) is 9.97 Å². The van der Waals surface area contributed by atoms with Gasteiger partial charge in [-0.15, -0.1) is 11.3 Å². The first-order chi connectivity index (χ1) is 15.4. The number of thiazole rings is 1. The van der Waals surface area contributed by atoms with E-state index >= 15 is 0 Å². The molecule has 0 unspecified atom stereocenters. The molecule has 3 N–H and O–H groups in total. The maximum Gasteiger partial charge on any atom is 0.316 e. The molecule has 0 aliphatic carbocycles. The average molecular weight is 441 g/mol. The number of rotatable bonds is 4. The Balaban J connectivity index is 1.66. The Hall–Kier alpha value is -4.02. The minimum absolute atomic E-state index is 0.0106. The number of primary amides is 1. The highest BCUT2D eigenvalue weighted by Crippen LogP contribution is 2.25. The zero-order valence-corrected chi connectivity index (χ0v) is 18.4. The topological polar surface area (TPSA) is 98.0 Å². The van der Waals surface area contributed by atoms with Crippen LogP contribution in [-0.4, -0.2) is 21.8 Å². The number of hydrogen-bond donors (Lipinski definition) is 2. The van der Waals surface area contributed by atoms with Crippen molar-refractivity contribution in [3.05, 3.63) is 87.1 Å². The van der Waals surface area contributed by atoms with Crippen molar-refractivity contribution in [1.29, 1.82) is 0 Å². The third kappa shape index (κ3) is 4.66. The predicted molar refractivity (Wildman–Crippen MR) is 127 cm³/mol. The van der Waals surface area contributed by atoms with Crippen LogP contribution in [0.2, 0.25) is 0 Å². The zero-order valence-electron chi connectivity index (χ0n) is 17.6. The third-order valence-electron chi connectivity index (χ3n) is 4.93. The Kier molecular flexibility index (Phi) is 5.97. The Bertz CT molecular complexity index is 1410. The van der Waals surface area contributed by atoms with Gasteiger partial charge in [-0.05, 0) is 31.5 Å². The summed E-state index contributed by atoms with van der Waals surface area (Å²) in [4.78, 5) is 33.6. The quantitative estimate of drug-likeness (QED) is 0.357. The van der Waals surface area contributed by atoms with Gasteiger partial charge in [-0.1, -0.05) is 36.1 Å². The first-order valence-electron chi connectivity index (χ1n) is 9.91. The number of anilines is 1. The van der Waals surface area contributed by atoms with E-state index in [0.717, 1.165) is 31.8 Å². The summed E-state index contributed by atoms with van der Waals surface area (Å²) < 4.78 is 0. The van der Waals surface area contributed by atoms with Gasteiger partial charge in [-0.2, -0.15) is 0 Å². The van der Waals surface area contributed by atoms with Gasteiger partial charge < -0.3 is 11.1 Å². The summed E-state index contributed by atoms with van der Waals surface area (Å²) in [6, 6.07) is 10.4. The normalized spacial score (nSPS) is 10.4. The smallest absolute Gasteiger partial charge is 0.316 e. The number of fused-ring (bicyclic) bond motifs is 1. The number of carbonyl (C=O) groups excluding carboxylic acids is 2. The molecule has 0 saturated heterocycles. The zero-order chi connectivity index (χ0) is 22.7. The fourth-order valence-electron chi connectivity index (χ4n) is 3.32. The van der Waals surface area contributed by atoms with Crippen molar-refractivity contribution in [3.63, 3.8) is 0 Å². The maximum absolute atomic E-state index is 12.7. The predicted octanol–water partition coefficient (Wildman–Crippen LogP) is 4.62. The van der Waals surface area contributed by atoms with E-state index in [4.69, 9.17) is 5.73 Å². The molecule has 2 aromatic heterocycles. The Morgan fingerprint density at radius 2 is 1.84 bits per heavy atom. The van der Waals surface area contributed by atoms with Gasteiger partial charge in [0.05, 0.1) is 17.7 Å². The average Bonchev–Trinajstić information content (AvgIpc) is 3.17. The summed E-state index contributed by atoms with van der Waals surface area (Å²) in [5.41, 5.74) is 8.91. The Morgan fingerprint density at radius 1 is 1.03 bits per heavy atom. The highest BCUT2D eigenvalue weighted by atomic mass is 32.1. The van der Waals surface area contributed by atoms with E-state index in [2.05, 4.69) is 27.1 Å². The summed E-state index contributed by atoms with van der Waals surface area (Å²) in [5, 5.41) is 5.01. The number of aromatic nitrogens is 2. The molecule has 4 aromatic rings. The van der Waals surface area contributed by atoms with Crippen LogP contribution < -0.4 is 11.1 Å². The second-order valence-electron chi connectivity index (χ2n) is 7.32. The molecule has 7 heteroatoms. The number of urea groups is 1. The van der Waals surface area contributed by atoms with Crippen LogP contribution >= 0.6 is 11.3 Å². The van der Waals surface area contributed by atoms with Crippen molar-refractivity contribution in [2.45, 2.75) is 20.3 Å². The van der Waals surface area contributed by atoms with Gasteiger partial charge in [0.1, 0.15) is 5.01 Å².